The zero-order valence-electron chi connectivity index (χ0n) is 26.3. The molecule has 2 fully saturated rings. The van der Waals surface area contributed by atoms with Crippen molar-refractivity contribution in [3.05, 3.63) is 52.6 Å². The maximum absolute atomic E-state index is 13.6. The van der Waals surface area contributed by atoms with Crippen molar-refractivity contribution >= 4 is 0 Å². The summed E-state index contributed by atoms with van der Waals surface area (Å²) in [5.41, 5.74) is 2.43. The first-order valence-electron chi connectivity index (χ1n) is 15.0. The van der Waals surface area contributed by atoms with Crippen LogP contribution in [0.15, 0.2) is 47.1 Å². The number of benzene rings is 1. The molecule has 0 N–H and O–H groups in total. The fourth-order valence-electron chi connectivity index (χ4n) is 4.88. The summed E-state index contributed by atoms with van der Waals surface area (Å²) in [4.78, 5) is 4.89. The molecule has 1 aromatic carbocycles. The van der Waals surface area contributed by atoms with E-state index in [1.807, 2.05) is 34.6 Å². The van der Waals surface area contributed by atoms with Crippen LogP contribution in [0, 0.1) is 18.8 Å². The van der Waals surface area contributed by atoms with E-state index in [4.69, 9.17) is 4.74 Å². The van der Waals surface area contributed by atoms with Crippen molar-refractivity contribution in [2.24, 2.45) is 11.8 Å². The highest BCUT2D eigenvalue weighted by Gasteiger charge is 2.37. The SMILES string of the molecule is CC.CCC(C)/C(=C\C(=C(C)C)C1CCN(CCN2CCOCC2)CC1)C(F)(F)F.Cc1ccc(OC(F)(F)F)cc1. The fourth-order valence-corrected chi connectivity index (χ4v) is 4.88. The molecule has 0 saturated carbocycles. The molecule has 42 heavy (non-hydrogen) atoms. The lowest BCUT2D eigenvalue weighted by Crippen LogP contribution is -2.43. The number of rotatable bonds is 8. The molecule has 0 bridgehead atoms. The number of likely N-dealkylation sites (tertiary alicyclic amines) is 1. The lowest BCUT2D eigenvalue weighted by atomic mass is 9.84. The van der Waals surface area contributed by atoms with Crippen LogP contribution >= 0.6 is 0 Å². The van der Waals surface area contributed by atoms with Crippen molar-refractivity contribution in [3.8, 4) is 5.75 Å². The van der Waals surface area contributed by atoms with Crippen LogP contribution in [0.1, 0.15) is 66.4 Å². The van der Waals surface area contributed by atoms with E-state index in [0.29, 0.717) is 6.42 Å². The van der Waals surface area contributed by atoms with Gasteiger partial charge in [-0.1, -0.05) is 57.0 Å². The number of halogens is 6. The number of piperidine rings is 1. The Bertz CT molecular complexity index is 939. The van der Waals surface area contributed by atoms with Crippen molar-refractivity contribution in [1.82, 2.24) is 9.80 Å². The molecule has 3 rings (SSSR count). The molecule has 2 saturated heterocycles. The maximum Gasteiger partial charge on any atom is 0.573 e. The molecule has 2 aliphatic heterocycles. The van der Waals surface area contributed by atoms with Gasteiger partial charge in [0.2, 0.25) is 0 Å². The first kappa shape index (κ1) is 38.0. The minimum atomic E-state index is -4.60. The third kappa shape index (κ3) is 14.4. The van der Waals surface area contributed by atoms with Gasteiger partial charge < -0.3 is 14.4 Å². The van der Waals surface area contributed by atoms with Crippen LogP contribution in [0.4, 0.5) is 26.3 Å². The van der Waals surface area contributed by atoms with E-state index in [-0.39, 0.29) is 17.2 Å². The Hall–Kier alpha value is -2.04. The van der Waals surface area contributed by atoms with Gasteiger partial charge in [0.25, 0.3) is 0 Å². The summed E-state index contributed by atoms with van der Waals surface area (Å²) >= 11 is 0. The molecule has 2 aliphatic rings. The summed E-state index contributed by atoms with van der Waals surface area (Å²) in [5, 5.41) is 0. The molecule has 242 valence electrons. The first-order valence-corrected chi connectivity index (χ1v) is 15.0. The number of hydrogen-bond donors (Lipinski definition) is 0. The third-order valence-corrected chi connectivity index (χ3v) is 7.48. The van der Waals surface area contributed by atoms with E-state index in [2.05, 4.69) is 14.5 Å². The minimum absolute atomic E-state index is 0.187. The Morgan fingerprint density at radius 1 is 0.929 bits per heavy atom. The number of morpholine rings is 1. The molecule has 1 unspecified atom stereocenters. The van der Waals surface area contributed by atoms with Crippen LogP contribution in [0.25, 0.3) is 0 Å². The lowest BCUT2D eigenvalue weighted by Gasteiger charge is -2.35. The molecule has 4 nitrogen and oxygen atoms in total. The van der Waals surface area contributed by atoms with Gasteiger partial charge in [-0.05, 0) is 82.7 Å². The van der Waals surface area contributed by atoms with Crippen LogP contribution in [-0.4, -0.2) is 74.8 Å². The molecular weight excluding hydrogens is 558 g/mol. The second-order valence-electron chi connectivity index (χ2n) is 10.8. The topological polar surface area (TPSA) is 24.9 Å². The second kappa shape index (κ2) is 18.6. The van der Waals surface area contributed by atoms with Gasteiger partial charge in [0.05, 0.1) is 13.2 Å². The lowest BCUT2D eigenvalue weighted by molar-refractivity contribution is -0.274. The minimum Gasteiger partial charge on any atom is -0.406 e. The molecule has 10 heteroatoms. The number of ether oxygens (including phenoxy) is 2. The number of alkyl halides is 6. The predicted molar refractivity (Wildman–Crippen MR) is 158 cm³/mol. The van der Waals surface area contributed by atoms with Crippen LogP contribution in [0.5, 0.6) is 5.75 Å². The van der Waals surface area contributed by atoms with E-state index in [0.717, 1.165) is 82.0 Å². The van der Waals surface area contributed by atoms with Crippen LogP contribution in [-0.2, 0) is 4.74 Å². The smallest absolute Gasteiger partial charge is 0.406 e. The standard InChI is InChI=1S/C22H37F3N2O.C8H7F3O.C2H6/c1-5-18(4)21(22(23,24)25)16-20(17(2)3)19-6-8-26(9-7-19)10-11-27-12-14-28-15-13-27;1-6-2-4-7(5-3-6)12-8(9,10)11;1-2/h16,18-19H,5-15H2,1-4H3;2-5H,1H3;1-2H3/b21-16+;;. The summed E-state index contributed by atoms with van der Waals surface area (Å²) in [6, 6.07) is 5.67. The molecular formula is C32H50F6N2O2. The summed E-state index contributed by atoms with van der Waals surface area (Å²) in [5.74, 6) is -0.429. The van der Waals surface area contributed by atoms with Crippen molar-refractivity contribution in [3.63, 3.8) is 0 Å². The highest BCUT2D eigenvalue weighted by Crippen LogP contribution is 2.37. The van der Waals surface area contributed by atoms with Gasteiger partial charge in [0.1, 0.15) is 5.75 Å². The largest absolute Gasteiger partial charge is 0.573 e. The molecule has 0 aliphatic carbocycles. The predicted octanol–water partition coefficient (Wildman–Crippen LogP) is 8.82. The molecule has 0 aromatic heterocycles. The molecule has 0 radical (unpaired) electrons. The monoisotopic (exact) mass is 608 g/mol. The van der Waals surface area contributed by atoms with Gasteiger partial charge in [0, 0.05) is 31.8 Å². The van der Waals surface area contributed by atoms with Gasteiger partial charge >= 0.3 is 12.5 Å². The van der Waals surface area contributed by atoms with E-state index >= 15 is 0 Å². The third-order valence-electron chi connectivity index (χ3n) is 7.48. The summed E-state index contributed by atoms with van der Waals surface area (Å²) in [6.45, 7) is 20.8. The number of nitrogens with zero attached hydrogens (tertiary/aromatic N) is 2. The average Bonchev–Trinajstić information content (AvgIpc) is 2.94. The highest BCUT2D eigenvalue weighted by atomic mass is 19.4. The quantitative estimate of drug-likeness (QED) is 0.218. The zero-order valence-corrected chi connectivity index (χ0v) is 26.3. The van der Waals surface area contributed by atoms with E-state index in [1.54, 1.807) is 26.0 Å². The molecule has 0 amide bonds. The summed E-state index contributed by atoms with van der Waals surface area (Å²) in [6.07, 6.45) is -5.01. The first-order chi connectivity index (χ1) is 19.7. The highest BCUT2D eigenvalue weighted by molar-refractivity contribution is 5.33. The van der Waals surface area contributed by atoms with E-state index in [1.165, 1.54) is 18.2 Å². The average molecular weight is 609 g/mol. The van der Waals surface area contributed by atoms with Crippen molar-refractivity contribution < 1.29 is 35.8 Å². The van der Waals surface area contributed by atoms with E-state index < -0.39 is 18.5 Å². The number of allylic oxidation sites excluding steroid dienone is 4. The number of hydrogen-bond acceptors (Lipinski definition) is 4. The van der Waals surface area contributed by atoms with Gasteiger partial charge in [-0.25, -0.2) is 0 Å². The van der Waals surface area contributed by atoms with Crippen molar-refractivity contribution in [2.75, 3.05) is 52.5 Å². The molecule has 0 spiro atoms. The Morgan fingerprint density at radius 2 is 1.43 bits per heavy atom. The van der Waals surface area contributed by atoms with Gasteiger partial charge in [-0.3, -0.25) is 4.90 Å². The maximum atomic E-state index is 13.6. The zero-order chi connectivity index (χ0) is 31.9. The Morgan fingerprint density at radius 3 is 1.86 bits per heavy atom. The normalized spacial score (nSPS) is 18.3. The number of aryl methyl sites for hydroxylation is 1. The van der Waals surface area contributed by atoms with Crippen LogP contribution in [0.3, 0.4) is 0 Å². The van der Waals surface area contributed by atoms with E-state index in [9.17, 15) is 26.3 Å². The molecule has 1 aromatic rings. The fraction of sp³-hybridized carbons (Fsp3) is 0.688. The molecule has 2 heterocycles. The van der Waals surface area contributed by atoms with Crippen LogP contribution < -0.4 is 4.74 Å². The second-order valence-corrected chi connectivity index (χ2v) is 10.8. The van der Waals surface area contributed by atoms with Gasteiger partial charge in [-0.2, -0.15) is 13.2 Å². The van der Waals surface area contributed by atoms with Crippen LogP contribution in [0.2, 0.25) is 0 Å². The Balaban J connectivity index is 0.000000524. The van der Waals surface area contributed by atoms with Gasteiger partial charge in [0.15, 0.2) is 0 Å². The summed E-state index contributed by atoms with van der Waals surface area (Å²) in [7, 11) is 0. The Labute approximate surface area is 248 Å². The van der Waals surface area contributed by atoms with Crippen molar-refractivity contribution in [2.45, 2.75) is 80.3 Å². The molecule has 1 atom stereocenters. The Kier molecular flexibility index (Phi) is 16.8. The van der Waals surface area contributed by atoms with Crippen molar-refractivity contribution in [1.29, 1.82) is 0 Å². The summed E-state index contributed by atoms with van der Waals surface area (Å²) < 4.78 is 84.6. The van der Waals surface area contributed by atoms with Gasteiger partial charge in [-0.15, -0.1) is 13.2 Å².